The Morgan fingerprint density at radius 2 is 2.05 bits per heavy atom. The molecule has 6 nitrogen and oxygen atoms in total. The average molecular weight is 277 g/mol. The first-order valence-corrected chi connectivity index (χ1v) is 6.50. The van der Waals surface area contributed by atoms with Crippen molar-refractivity contribution >= 4 is 16.9 Å². The number of hydrogen-bond acceptors (Lipinski definition) is 4. The van der Waals surface area contributed by atoms with Crippen LogP contribution in [0.3, 0.4) is 0 Å². The van der Waals surface area contributed by atoms with E-state index in [-0.39, 0.29) is 25.5 Å². The van der Waals surface area contributed by atoms with Crippen LogP contribution in [0.15, 0.2) is 30.6 Å². The molecular formula is C14H19N3O3. The van der Waals surface area contributed by atoms with Gasteiger partial charge in [0, 0.05) is 13.0 Å². The molecule has 1 aromatic carbocycles. The second-order valence-corrected chi connectivity index (χ2v) is 5.10. The predicted octanol–water partition coefficient (Wildman–Crippen LogP) is 0.286. The lowest BCUT2D eigenvalue weighted by Crippen LogP contribution is -2.51. The molecule has 3 N–H and O–H groups in total. The highest BCUT2D eigenvalue weighted by atomic mass is 16.3. The first kappa shape index (κ1) is 14.5. The van der Waals surface area contributed by atoms with Crippen molar-refractivity contribution < 1.29 is 15.0 Å². The lowest BCUT2D eigenvalue weighted by Gasteiger charge is -2.26. The van der Waals surface area contributed by atoms with Crippen LogP contribution in [0.4, 0.5) is 0 Å². The Bertz CT molecular complexity index is 590. The van der Waals surface area contributed by atoms with Gasteiger partial charge < -0.3 is 20.1 Å². The highest BCUT2D eigenvalue weighted by molar-refractivity contribution is 5.78. The zero-order chi connectivity index (χ0) is 14.6. The van der Waals surface area contributed by atoms with Gasteiger partial charge in [-0.25, -0.2) is 4.98 Å². The number of carbonyl (C=O) groups is 1. The summed E-state index contributed by atoms with van der Waals surface area (Å²) in [4.78, 5) is 16.1. The number of nitrogens with one attached hydrogen (secondary N) is 1. The molecule has 0 bridgehead atoms. The third-order valence-corrected chi connectivity index (χ3v) is 3.25. The molecule has 20 heavy (non-hydrogen) atoms. The van der Waals surface area contributed by atoms with Gasteiger partial charge in [-0.1, -0.05) is 12.1 Å². The molecule has 0 radical (unpaired) electrons. The van der Waals surface area contributed by atoms with Crippen molar-refractivity contribution in [2.24, 2.45) is 0 Å². The molecule has 0 saturated heterocycles. The Kier molecular flexibility index (Phi) is 4.36. The summed E-state index contributed by atoms with van der Waals surface area (Å²) in [6.07, 6.45) is 1.96. The maximum Gasteiger partial charge on any atom is 0.222 e. The van der Waals surface area contributed by atoms with E-state index >= 15 is 0 Å². The van der Waals surface area contributed by atoms with Gasteiger partial charge >= 0.3 is 0 Å². The first-order valence-electron chi connectivity index (χ1n) is 6.50. The Hall–Kier alpha value is -1.92. The zero-order valence-corrected chi connectivity index (χ0v) is 11.4. The smallest absolute Gasteiger partial charge is 0.222 e. The lowest BCUT2D eigenvalue weighted by atomic mass is 10.1. The summed E-state index contributed by atoms with van der Waals surface area (Å²) in [7, 11) is 0. The van der Waals surface area contributed by atoms with Crippen LogP contribution in [0.25, 0.3) is 11.0 Å². The fourth-order valence-corrected chi connectivity index (χ4v) is 1.94. The number of carbonyl (C=O) groups excluding carboxylic acids is 1. The number of aliphatic hydroxyl groups excluding tert-OH is 2. The van der Waals surface area contributed by atoms with Crippen molar-refractivity contribution in [1.82, 2.24) is 14.9 Å². The van der Waals surface area contributed by atoms with E-state index in [1.54, 1.807) is 13.3 Å². The zero-order valence-electron chi connectivity index (χ0n) is 11.4. The van der Waals surface area contributed by atoms with Crippen LogP contribution in [0.1, 0.15) is 13.3 Å². The van der Waals surface area contributed by atoms with E-state index < -0.39 is 5.54 Å². The van der Waals surface area contributed by atoms with Crippen LogP contribution in [0.2, 0.25) is 0 Å². The van der Waals surface area contributed by atoms with E-state index in [4.69, 9.17) is 10.2 Å². The normalized spacial score (nSPS) is 11.8. The number of amides is 1. The monoisotopic (exact) mass is 277 g/mol. The van der Waals surface area contributed by atoms with Crippen LogP contribution in [0.5, 0.6) is 0 Å². The number of nitrogens with zero attached hydrogens (tertiary/aromatic N) is 2. The highest BCUT2D eigenvalue weighted by Gasteiger charge is 2.24. The molecule has 0 unspecified atom stereocenters. The Morgan fingerprint density at radius 3 is 2.75 bits per heavy atom. The molecule has 0 atom stereocenters. The summed E-state index contributed by atoms with van der Waals surface area (Å²) in [5, 5.41) is 20.9. The number of para-hydroxylation sites is 2. The van der Waals surface area contributed by atoms with E-state index in [0.29, 0.717) is 6.54 Å². The molecule has 1 amide bonds. The molecule has 0 fully saturated rings. The molecule has 0 saturated carbocycles. The second kappa shape index (κ2) is 6.02. The Labute approximate surface area is 117 Å². The number of aryl methyl sites for hydroxylation is 1. The second-order valence-electron chi connectivity index (χ2n) is 5.10. The minimum Gasteiger partial charge on any atom is -0.394 e. The van der Waals surface area contributed by atoms with Crippen molar-refractivity contribution in [3.8, 4) is 0 Å². The van der Waals surface area contributed by atoms with E-state index in [0.717, 1.165) is 11.0 Å². The van der Waals surface area contributed by atoms with Gasteiger partial charge in [-0.05, 0) is 19.1 Å². The van der Waals surface area contributed by atoms with Crippen LogP contribution in [-0.2, 0) is 11.3 Å². The lowest BCUT2D eigenvalue weighted by molar-refractivity contribution is -0.124. The maximum absolute atomic E-state index is 11.8. The predicted molar refractivity (Wildman–Crippen MR) is 75.1 cm³/mol. The van der Waals surface area contributed by atoms with E-state index in [1.165, 1.54) is 0 Å². The van der Waals surface area contributed by atoms with Gasteiger partial charge in [-0.2, -0.15) is 0 Å². The van der Waals surface area contributed by atoms with E-state index in [9.17, 15) is 4.79 Å². The SMILES string of the molecule is CC(CO)(CO)NC(=O)CCn1cnc2ccccc21. The average Bonchev–Trinajstić information content (AvgIpc) is 2.88. The summed E-state index contributed by atoms with van der Waals surface area (Å²) >= 11 is 0. The highest BCUT2D eigenvalue weighted by Crippen LogP contribution is 2.12. The van der Waals surface area contributed by atoms with Gasteiger partial charge in [-0.15, -0.1) is 0 Å². The first-order chi connectivity index (χ1) is 9.58. The minimum absolute atomic E-state index is 0.214. The van der Waals surface area contributed by atoms with Crippen LogP contribution in [-0.4, -0.2) is 44.4 Å². The number of aromatic nitrogens is 2. The van der Waals surface area contributed by atoms with Crippen molar-refractivity contribution in [3.05, 3.63) is 30.6 Å². The summed E-state index contributed by atoms with van der Waals surface area (Å²) in [6, 6.07) is 7.71. The molecule has 2 aromatic rings. The maximum atomic E-state index is 11.8. The molecular weight excluding hydrogens is 258 g/mol. The largest absolute Gasteiger partial charge is 0.394 e. The summed E-state index contributed by atoms with van der Waals surface area (Å²) in [5.74, 6) is -0.214. The molecule has 1 aromatic heterocycles. The molecule has 0 spiro atoms. The minimum atomic E-state index is -0.978. The van der Waals surface area contributed by atoms with Gasteiger partial charge in [-0.3, -0.25) is 4.79 Å². The third kappa shape index (κ3) is 3.15. The number of fused-ring (bicyclic) bond motifs is 1. The fraction of sp³-hybridized carbons (Fsp3) is 0.429. The number of rotatable bonds is 6. The van der Waals surface area contributed by atoms with Gasteiger partial charge in [0.1, 0.15) is 0 Å². The van der Waals surface area contributed by atoms with Gasteiger partial charge in [0.05, 0.1) is 36.1 Å². The van der Waals surface area contributed by atoms with E-state index in [2.05, 4.69) is 10.3 Å². The summed E-state index contributed by atoms with van der Waals surface area (Å²) in [5.41, 5.74) is 0.893. The number of aliphatic hydroxyl groups is 2. The van der Waals surface area contributed by atoms with Crippen LogP contribution in [0, 0.1) is 0 Å². The standard InChI is InChI=1S/C14H19N3O3/c1-14(8-18,9-19)16-13(20)6-7-17-10-15-11-4-2-3-5-12(11)17/h2-5,10,18-19H,6-9H2,1H3,(H,16,20). The molecule has 1 heterocycles. The quantitative estimate of drug-likeness (QED) is 0.708. The van der Waals surface area contributed by atoms with Crippen LogP contribution >= 0.6 is 0 Å². The third-order valence-electron chi connectivity index (χ3n) is 3.25. The Morgan fingerprint density at radius 1 is 1.35 bits per heavy atom. The summed E-state index contributed by atoms with van der Waals surface area (Å²) in [6.45, 7) is 1.49. The molecule has 0 aliphatic carbocycles. The van der Waals surface area contributed by atoms with Crippen molar-refractivity contribution in [2.45, 2.75) is 25.4 Å². The fourth-order valence-electron chi connectivity index (χ4n) is 1.94. The van der Waals surface area contributed by atoms with E-state index in [1.807, 2.05) is 28.8 Å². The topological polar surface area (TPSA) is 87.4 Å². The number of imidazole rings is 1. The van der Waals surface area contributed by atoms with Crippen LogP contribution < -0.4 is 5.32 Å². The molecule has 0 aliphatic heterocycles. The van der Waals surface area contributed by atoms with Crippen molar-refractivity contribution in [1.29, 1.82) is 0 Å². The molecule has 6 heteroatoms. The van der Waals surface area contributed by atoms with Crippen molar-refractivity contribution in [3.63, 3.8) is 0 Å². The molecule has 0 aliphatic rings. The number of hydrogen-bond donors (Lipinski definition) is 3. The number of benzene rings is 1. The van der Waals surface area contributed by atoms with Gasteiger partial charge in [0.25, 0.3) is 0 Å². The summed E-state index contributed by atoms with van der Waals surface area (Å²) < 4.78 is 1.91. The molecule has 2 rings (SSSR count). The van der Waals surface area contributed by atoms with Crippen molar-refractivity contribution in [2.75, 3.05) is 13.2 Å². The van der Waals surface area contributed by atoms with Gasteiger partial charge in [0.15, 0.2) is 0 Å². The molecule has 108 valence electrons. The Balaban J connectivity index is 1.97. The van der Waals surface area contributed by atoms with Gasteiger partial charge in [0.2, 0.25) is 5.91 Å².